The van der Waals surface area contributed by atoms with Crippen molar-refractivity contribution in [3.63, 3.8) is 0 Å². The van der Waals surface area contributed by atoms with Gasteiger partial charge in [0.25, 0.3) is 0 Å². The van der Waals surface area contributed by atoms with Gasteiger partial charge in [-0.2, -0.15) is 0 Å². The molecular weight excluding hydrogens is 264 g/mol. The average Bonchev–Trinajstić information content (AvgIpc) is 3.15. The zero-order valence-electron chi connectivity index (χ0n) is 12.2. The van der Waals surface area contributed by atoms with Gasteiger partial charge in [0.1, 0.15) is 12.1 Å². The minimum absolute atomic E-state index is 0.115. The molecular formula is C17H19N2O2+. The van der Waals surface area contributed by atoms with Gasteiger partial charge in [-0.1, -0.05) is 18.2 Å². The van der Waals surface area contributed by atoms with Crippen molar-refractivity contribution in [2.45, 2.75) is 25.9 Å². The molecule has 0 aliphatic heterocycles. The number of hydrogen-bond donors (Lipinski definition) is 2. The van der Waals surface area contributed by atoms with Crippen LogP contribution in [-0.4, -0.2) is 16.8 Å². The number of Topliss-reactive ketones (excluding diaryl/α,β-unsaturated/α-hetero) is 1. The summed E-state index contributed by atoms with van der Waals surface area (Å²) in [6, 6.07) is 11.6. The lowest BCUT2D eigenvalue weighted by Gasteiger charge is -2.14. The smallest absolute Gasteiger partial charge is 0.221 e. The maximum absolute atomic E-state index is 12.6. The molecule has 2 atom stereocenters. The number of quaternary nitrogens is 1. The van der Waals surface area contributed by atoms with Crippen molar-refractivity contribution in [2.24, 2.45) is 0 Å². The van der Waals surface area contributed by atoms with Crippen LogP contribution in [0.25, 0.3) is 10.9 Å². The SMILES string of the molecule is C[C@@H]([NH2+][C@H](C)c1ccco1)C(=O)c1c[nH]c2ccccc12. The number of ketones is 1. The largest absolute Gasteiger partial charge is 0.463 e. The molecule has 2 aromatic heterocycles. The van der Waals surface area contributed by atoms with E-state index < -0.39 is 0 Å². The van der Waals surface area contributed by atoms with Crippen molar-refractivity contribution in [3.05, 3.63) is 60.2 Å². The number of aromatic amines is 1. The van der Waals surface area contributed by atoms with E-state index in [9.17, 15) is 4.79 Å². The van der Waals surface area contributed by atoms with Crippen molar-refractivity contribution < 1.29 is 14.5 Å². The zero-order chi connectivity index (χ0) is 14.8. The molecule has 0 aliphatic carbocycles. The lowest BCUT2D eigenvalue weighted by Crippen LogP contribution is -2.91. The molecule has 4 nitrogen and oxygen atoms in total. The fraction of sp³-hybridized carbons (Fsp3) is 0.235. The Bertz CT molecular complexity index is 743. The maximum Gasteiger partial charge on any atom is 0.221 e. The summed E-state index contributed by atoms with van der Waals surface area (Å²) in [6.45, 7) is 3.97. The molecule has 0 aliphatic rings. The van der Waals surface area contributed by atoms with Gasteiger partial charge in [-0.25, -0.2) is 0 Å². The number of nitrogens with one attached hydrogen (secondary N) is 1. The van der Waals surface area contributed by atoms with Crippen LogP contribution in [0.2, 0.25) is 0 Å². The van der Waals surface area contributed by atoms with Crippen LogP contribution >= 0.6 is 0 Å². The van der Waals surface area contributed by atoms with E-state index in [0.29, 0.717) is 0 Å². The number of rotatable bonds is 5. The van der Waals surface area contributed by atoms with Crippen LogP contribution in [0.3, 0.4) is 0 Å². The number of para-hydroxylation sites is 1. The van der Waals surface area contributed by atoms with Crippen LogP contribution in [0, 0.1) is 0 Å². The highest BCUT2D eigenvalue weighted by molar-refractivity contribution is 6.09. The van der Waals surface area contributed by atoms with E-state index in [1.165, 1.54) is 0 Å². The normalized spacial score (nSPS) is 14.2. The summed E-state index contributed by atoms with van der Waals surface area (Å²) in [5, 5.41) is 3.01. The lowest BCUT2D eigenvalue weighted by molar-refractivity contribution is -0.710. The zero-order valence-corrected chi connectivity index (χ0v) is 12.2. The number of furan rings is 1. The second-order valence-corrected chi connectivity index (χ2v) is 5.40. The Balaban J connectivity index is 1.78. The molecule has 4 heteroatoms. The number of carbonyl (C=O) groups is 1. The van der Waals surface area contributed by atoms with Gasteiger partial charge in [0.2, 0.25) is 5.78 Å². The average molecular weight is 283 g/mol. The third-order valence-corrected chi connectivity index (χ3v) is 3.84. The van der Waals surface area contributed by atoms with E-state index >= 15 is 0 Å². The summed E-state index contributed by atoms with van der Waals surface area (Å²) in [4.78, 5) is 15.8. The monoisotopic (exact) mass is 283 g/mol. The van der Waals surface area contributed by atoms with Gasteiger partial charge in [-0.15, -0.1) is 0 Å². The van der Waals surface area contributed by atoms with Crippen LogP contribution in [0.4, 0.5) is 0 Å². The number of benzene rings is 1. The van der Waals surface area contributed by atoms with Crippen molar-refractivity contribution >= 4 is 16.7 Å². The second-order valence-electron chi connectivity index (χ2n) is 5.40. The topological polar surface area (TPSA) is 62.6 Å². The molecule has 0 bridgehead atoms. The Morgan fingerprint density at radius 3 is 2.76 bits per heavy atom. The highest BCUT2D eigenvalue weighted by Crippen LogP contribution is 2.19. The first-order valence-corrected chi connectivity index (χ1v) is 7.15. The Morgan fingerprint density at radius 2 is 2.00 bits per heavy atom. The van der Waals surface area contributed by atoms with Crippen molar-refractivity contribution in [2.75, 3.05) is 0 Å². The van der Waals surface area contributed by atoms with Gasteiger partial charge >= 0.3 is 0 Å². The van der Waals surface area contributed by atoms with Gasteiger partial charge in [-0.3, -0.25) is 4.79 Å². The highest BCUT2D eigenvalue weighted by Gasteiger charge is 2.24. The molecule has 21 heavy (non-hydrogen) atoms. The molecule has 1 aromatic carbocycles. The molecule has 0 saturated carbocycles. The van der Waals surface area contributed by atoms with E-state index in [0.717, 1.165) is 22.2 Å². The Hall–Kier alpha value is -2.33. The molecule has 108 valence electrons. The third kappa shape index (κ3) is 2.62. The molecule has 0 radical (unpaired) electrons. The molecule has 2 heterocycles. The fourth-order valence-corrected chi connectivity index (χ4v) is 2.69. The molecule has 0 unspecified atom stereocenters. The fourth-order valence-electron chi connectivity index (χ4n) is 2.69. The Morgan fingerprint density at radius 1 is 1.19 bits per heavy atom. The molecule has 0 amide bonds. The molecule has 0 fully saturated rings. The molecule has 0 saturated heterocycles. The standard InChI is InChI=1S/C17H18N2O2/c1-11(16-8-5-9-21-16)19-12(2)17(20)14-10-18-15-7-4-3-6-13(14)15/h3-12,18-19H,1-2H3/p+1/t11-,12-/m1/s1. The summed E-state index contributed by atoms with van der Waals surface area (Å²) in [7, 11) is 0. The third-order valence-electron chi connectivity index (χ3n) is 3.84. The second kappa shape index (κ2) is 5.58. The summed E-state index contributed by atoms with van der Waals surface area (Å²) in [5.41, 5.74) is 1.74. The molecule has 3 N–H and O–H groups in total. The summed E-state index contributed by atoms with van der Waals surface area (Å²) in [6.07, 6.45) is 3.46. The number of nitrogens with two attached hydrogens (primary N) is 1. The van der Waals surface area contributed by atoms with Crippen LogP contribution in [-0.2, 0) is 0 Å². The van der Waals surface area contributed by atoms with Gasteiger partial charge in [0.05, 0.1) is 6.26 Å². The predicted molar refractivity (Wildman–Crippen MR) is 81.1 cm³/mol. The van der Waals surface area contributed by atoms with Crippen LogP contribution in [0.5, 0.6) is 0 Å². The van der Waals surface area contributed by atoms with E-state index in [1.807, 2.05) is 55.6 Å². The summed E-state index contributed by atoms with van der Waals surface area (Å²) >= 11 is 0. The predicted octanol–water partition coefficient (Wildman–Crippen LogP) is 2.66. The highest BCUT2D eigenvalue weighted by atomic mass is 16.3. The Kier molecular flexibility index (Phi) is 3.62. The minimum atomic E-state index is -0.163. The van der Waals surface area contributed by atoms with Crippen molar-refractivity contribution in [1.29, 1.82) is 0 Å². The number of H-pyrrole nitrogens is 1. The van der Waals surface area contributed by atoms with E-state index in [1.54, 1.807) is 12.5 Å². The summed E-state index contributed by atoms with van der Waals surface area (Å²) in [5.74, 6) is 1.01. The van der Waals surface area contributed by atoms with E-state index in [2.05, 4.69) is 4.98 Å². The number of carbonyl (C=O) groups excluding carboxylic acids is 1. The number of fused-ring (bicyclic) bond motifs is 1. The first-order valence-electron chi connectivity index (χ1n) is 7.15. The van der Waals surface area contributed by atoms with E-state index in [4.69, 9.17) is 4.42 Å². The Labute approximate surface area is 123 Å². The van der Waals surface area contributed by atoms with Gasteiger partial charge in [0, 0.05) is 22.7 Å². The van der Waals surface area contributed by atoms with Crippen LogP contribution in [0.15, 0.2) is 53.3 Å². The first-order chi connectivity index (χ1) is 10.2. The first kappa shape index (κ1) is 13.6. The lowest BCUT2D eigenvalue weighted by atomic mass is 10.0. The van der Waals surface area contributed by atoms with Crippen molar-refractivity contribution in [1.82, 2.24) is 4.98 Å². The minimum Gasteiger partial charge on any atom is -0.463 e. The molecule has 3 aromatic rings. The molecule has 0 spiro atoms. The van der Waals surface area contributed by atoms with Crippen LogP contribution in [0.1, 0.15) is 36.0 Å². The maximum atomic E-state index is 12.6. The molecule has 3 rings (SSSR count). The van der Waals surface area contributed by atoms with E-state index in [-0.39, 0.29) is 17.9 Å². The van der Waals surface area contributed by atoms with Gasteiger partial charge in [0.15, 0.2) is 5.76 Å². The number of aromatic nitrogens is 1. The van der Waals surface area contributed by atoms with Gasteiger partial charge in [-0.05, 0) is 32.0 Å². The quantitative estimate of drug-likeness (QED) is 0.707. The van der Waals surface area contributed by atoms with Gasteiger partial charge < -0.3 is 14.7 Å². The van der Waals surface area contributed by atoms with Crippen molar-refractivity contribution in [3.8, 4) is 0 Å². The summed E-state index contributed by atoms with van der Waals surface area (Å²) < 4.78 is 5.39. The van der Waals surface area contributed by atoms with Crippen LogP contribution < -0.4 is 5.32 Å². The number of hydrogen-bond acceptors (Lipinski definition) is 2.